The molecule has 0 bridgehead atoms. The fourth-order valence-corrected chi connectivity index (χ4v) is 1.54. The van der Waals surface area contributed by atoms with Gasteiger partial charge in [0.2, 0.25) is 0 Å². The van der Waals surface area contributed by atoms with Crippen LogP contribution >= 0.6 is 0 Å². The van der Waals surface area contributed by atoms with Crippen LogP contribution in [0.1, 0.15) is 12.8 Å². The van der Waals surface area contributed by atoms with E-state index in [0.717, 1.165) is 19.0 Å². The third-order valence-corrected chi connectivity index (χ3v) is 2.52. The first kappa shape index (κ1) is 11.3. The highest BCUT2D eigenvalue weighted by Gasteiger charge is 2.32. The fraction of sp³-hybridized carbons (Fsp3) is 0.250. The molecule has 1 heterocycles. The van der Waals surface area contributed by atoms with Crippen molar-refractivity contribution in [3.63, 3.8) is 0 Å². The Labute approximate surface area is 98.7 Å². The van der Waals surface area contributed by atoms with Crippen LogP contribution in [0.4, 0.5) is 5.82 Å². The molecule has 0 radical (unpaired) electrons. The Morgan fingerprint density at radius 2 is 2.29 bits per heavy atom. The molecule has 2 rings (SSSR count). The Balaban J connectivity index is 2.36. The number of hydrogen-bond acceptors (Lipinski definition) is 4. The van der Waals surface area contributed by atoms with E-state index in [-0.39, 0.29) is 11.5 Å². The molecule has 0 spiro atoms. The third kappa shape index (κ3) is 2.69. The largest absolute Gasteiger partial charge is 0.478 e. The number of rotatable bonds is 4. The Morgan fingerprint density at radius 3 is 2.76 bits per heavy atom. The summed E-state index contributed by atoms with van der Waals surface area (Å²) in [4.78, 5) is 19.4. The minimum atomic E-state index is -1.05. The first-order valence-electron chi connectivity index (χ1n) is 5.37. The lowest BCUT2D eigenvalue weighted by Gasteiger charge is -2.04. The molecule has 0 atom stereocenters. The average Bonchev–Trinajstić information content (AvgIpc) is 3.13. The first-order chi connectivity index (χ1) is 8.22. The number of aliphatic carboxylic acids is 1. The molecule has 0 aliphatic heterocycles. The van der Waals surface area contributed by atoms with E-state index in [0.29, 0.717) is 11.5 Å². The number of carboxylic acid groups (broad SMARTS) is 1. The zero-order valence-electron chi connectivity index (χ0n) is 9.21. The van der Waals surface area contributed by atoms with Gasteiger partial charge < -0.3 is 10.8 Å². The van der Waals surface area contributed by atoms with E-state index in [1.807, 2.05) is 6.07 Å². The number of nitrogens with two attached hydrogens (primary N) is 1. The molecule has 5 nitrogen and oxygen atoms in total. The fourth-order valence-electron chi connectivity index (χ4n) is 1.54. The van der Waals surface area contributed by atoms with Crippen LogP contribution in [0.25, 0.3) is 0 Å². The highest BCUT2D eigenvalue weighted by molar-refractivity contribution is 6.21. The van der Waals surface area contributed by atoms with Crippen molar-refractivity contribution < 1.29 is 9.90 Å². The maximum absolute atomic E-state index is 11.0. The van der Waals surface area contributed by atoms with Gasteiger partial charge in [0.05, 0.1) is 11.3 Å². The first-order valence-corrected chi connectivity index (χ1v) is 5.37. The van der Waals surface area contributed by atoms with Gasteiger partial charge in [-0.1, -0.05) is 6.07 Å². The summed E-state index contributed by atoms with van der Waals surface area (Å²) >= 11 is 0. The van der Waals surface area contributed by atoms with Crippen molar-refractivity contribution in [3.8, 4) is 0 Å². The lowest BCUT2D eigenvalue weighted by atomic mass is 10.1. The molecule has 0 unspecified atom stereocenters. The summed E-state index contributed by atoms with van der Waals surface area (Å²) in [6, 6.07) is 5.33. The highest BCUT2D eigenvalue weighted by Crippen LogP contribution is 2.34. The molecular weight excluding hydrogens is 218 g/mol. The summed E-state index contributed by atoms with van der Waals surface area (Å²) in [6.07, 6.45) is 4.63. The minimum Gasteiger partial charge on any atom is -0.478 e. The maximum atomic E-state index is 11.0. The van der Waals surface area contributed by atoms with Crippen LogP contribution in [0.5, 0.6) is 0 Å². The van der Waals surface area contributed by atoms with Gasteiger partial charge in [0.1, 0.15) is 0 Å². The van der Waals surface area contributed by atoms with Crippen LogP contribution in [0.15, 0.2) is 41.2 Å². The van der Waals surface area contributed by atoms with Crippen molar-refractivity contribution >= 4 is 17.5 Å². The van der Waals surface area contributed by atoms with Crippen LogP contribution in [-0.2, 0) is 4.79 Å². The van der Waals surface area contributed by atoms with Crippen LogP contribution in [0.3, 0.4) is 0 Å². The number of aromatic nitrogens is 1. The Bertz CT molecular complexity index is 476. The van der Waals surface area contributed by atoms with Crippen LogP contribution in [0.2, 0.25) is 0 Å². The molecule has 17 heavy (non-hydrogen) atoms. The van der Waals surface area contributed by atoms with E-state index in [1.54, 1.807) is 18.3 Å². The molecule has 88 valence electrons. The molecular formula is C12H13N3O2. The van der Waals surface area contributed by atoms with Gasteiger partial charge in [-0.05, 0) is 25.0 Å². The Morgan fingerprint density at radius 1 is 1.53 bits per heavy atom. The molecule has 0 aromatic carbocycles. The summed E-state index contributed by atoms with van der Waals surface area (Å²) in [5.41, 5.74) is 5.94. The Hall–Kier alpha value is -2.17. The summed E-state index contributed by atoms with van der Waals surface area (Å²) in [7, 11) is 0. The maximum Gasteiger partial charge on any atom is 0.339 e. The second kappa shape index (κ2) is 4.78. The summed E-state index contributed by atoms with van der Waals surface area (Å²) in [5, 5.41) is 9.05. The number of nitrogens with zero attached hydrogens (tertiary/aromatic N) is 2. The van der Waals surface area contributed by atoms with Crippen LogP contribution in [-0.4, -0.2) is 21.8 Å². The molecule has 1 aliphatic carbocycles. The van der Waals surface area contributed by atoms with Gasteiger partial charge >= 0.3 is 5.97 Å². The molecule has 5 heteroatoms. The smallest absolute Gasteiger partial charge is 0.339 e. The summed E-state index contributed by atoms with van der Waals surface area (Å²) < 4.78 is 0. The van der Waals surface area contributed by atoms with Gasteiger partial charge in [0, 0.05) is 18.3 Å². The molecule has 1 aliphatic rings. The molecule has 1 aromatic rings. The Kier molecular flexibility index (Phi) is 3.18. The van der Waals surface area contributed by atoms with Crippen molar-refractivity contribution in [2.45, 2.75) is 12.8 Å². The van der Waals surface area contributed by atoms with Gasteiger partial charge in [0.15, 0.2) is 5.82 Å². The topological polar surface area (TPSA) is 88.6 Å². The van der Waals surface area contributed by atoms with Gasteiger partial charge in [0.25, 0.3) is 0 Å². The molecule has 3 N–H and O–H groups in total. The van der Waals surface area contributed by atoms with Crippen molar-refractivity contribution in [2.75, 3.05) is 0 Å². The SMILES string of the molecule is NC=C(C(=O)O)C(=Nc1ccccn1)C1CC1. The zero-order valence-corrected chi connectivity index (χ0v) is 9.21. The van der Waals surface area contributed by atoms with E-state index in [1.165, 1.54) is 0 Å². The lowest BCUT2D eigenvalue weighted by Crippen LogP contribution is -2.16. The molecule has 0 amide bonds. The quantitative estimate of drug-likeness (QED) is 0.607. The van der Waals surface area contributed by atoms with Gasteiger partial charge in [-0.2, -0.15) is 0 Å². The number of carboxylic acids is 1. The number of carbonyl (C=O) groups is 1. The van der Waals surface area contributed by atoms with Crippen molar-refractivity contribution in [3.05, 3.63) is 36.2 Å². The average molecular weight is 231 g/mol. The van der Waals surface area contributed by atoms with Gasteiger partial charge in [-0.25, -0.2) is 14.8 Å². The van der Waals surface area contributed by atoms with E-state index in [2.05, 4.69) is 9.98 Å². The summed E-state index contributed by atoms with van der Waals surface area (Å²) in [6.45, 7) is 0. The second-order valence-corrected chi connectivity index (χ2v) is 3.84. The van der Waals surface area contributed by atoms with Gasteiger partial charge in [-0.15, -0.1) is 0 Å². The normalized spacial score (nSPS) is 16.9. The molecule has 1 aromatic heterocycles. The summed E-state index contributed by atoms with van der Waals surface area (Å²) in [5.74, 6) is -0.341. The third-order valence-electron chi connectivity index (χ3n) is 2.52. The lowest BCUT2D eigenvalue weighted by molar-refractivity contribution is -0.132. The van der Waals surface area contributed by atoms with E-state index in [4.69, 9.17) is 10.8 Å². The number of aliphatic imine (C=N–C) groups is 1. The second-order valence-electron chi connectivity index (χ2n) is 3.84. The predicted octanol–water partition coefficient (Wildman–Crippen LogP) is 1.49. The standard InChI is InChI=1S/C12H13N3O2/c13-7-9(12(16)17)11(8-4-5-8)15-10-3-1-2-6-14-10/h1-3,6-8H,4-5,13H2,(H,16,17). The molecule has 0 saturated heterocycles. The van der Waals surface area contributed by atoms with Crippen molar-refractivity contribution in [1.29, 1.82) is 0 Å². The molecule has 1 saturated carbocycles. The number of pyridine rings is 1. The van der Waals surface area contributed by atoms with Crippen molar-refractivity contribution in [1.82, 2.24) is 4.98 Å². The highest BCUT2D eigenvalue weighted by atomic mass is 16.4. The molecule has 1 fully saturated rings. The van der Waals surface area contributed by atoms with Crippen LogP contribution in [0, 0.1) is 5.92 Å². The van der Waals surface area contributed by atoms with E-state index >= 15 is 0 Å². The minimum absolute atomic E-state index is 0.0677. The zero-order chi connectivity index (χ0) is 12.3. The van der Waals surface area contributed by atoms with Crippen molar-refractivity contribution in [2.24, 2.45) is 16.6 Å². The van der Waals surface area contributed by atoms with E-state index < -0.39 is 5.97 Å². The van der Waals surface area contributed by atoms with Gasteiger partial charge in [-0.3, -0.25) is 0 Å². The monoisotopic (exact) mass is 231 g/mol. The predicted molar refractivity (Wildman–Crippen MR) is 64.0 cm³/mol. The van der Waals surface area contributed by atoms with Crippen LogP contribution < -0.4 is 5.73 Å². The van der Waals surface area contributed by atoms with E-state index in [9.17, 15) is 4.79 Å². The number of hydrogen-bond donors (Lipinski definition) is 2.